The van der Waals surface area contributed by atoms with Crippen LogP contribution in [0, 0.1) is 0 Å². The molecule has 0 aliphatic heterocycles. The van der Waals surface area contributed by atoms with Gasteiger partial charge in [0.05, 0.1) is 12.5 Å². The second-order valence-corrected chi connectivity index (χ2v) is 8.39. The van der Waals surface area contributed by atoms with Crippen LogP contribution < -0.4 is 9.47 Å². The first kappa shape index (κ1) is 22.1. The standard InChI is InChI=1S/C24H23ClO4S/c1-17(12-13-30-21-9-5-6-18(14-21)15-24(26)27)28-22-11-10-19(25)16-23(22)29-20-7-3-2-4-8-20/h2-11,14,16-17H,12-13,15H2,1H3,(H,26,27)/t17-/m1/s1. The molecule has 0 aliphatic rings. The highest BCUT2D eigenvalue weighted by Crippen LogP contribution is 2.35. The summed E-state index contributed by atoms with van der Waals surface area (Å²) in [6.07, 6.45) is 0.828. The number of rotatable bonds is 10. The zero-order valence-corrected chi connectivity index (χ0v) is 18.2. The van der Waals surface area contributed by atoms with E-state index in [2.05, 4.69) is 0 Å². The van der Waals surface area contributed by atoms with Crippen LogP contribution in [-0.4, -0.2) is 22.9 Å². The Balaban J connectivity index is 1.56. The van der Waals surface area contributed by atoms with Gasteiger partial charge in [0.1, 0.15) is 5.75 Å². The maximum Gasteiger partial charge on any atom is 0.307 e. The SMILES string of the molecule is C[C@H](CCSc1cccc(CC(=O)O)c1)Oc1ccc(Cl)cc1Oc1ccccc1. The lowest BCUT2D eigenvalue weighted by atomic mass is 10.2. The minimum atomic E-state index is -0.823. The summed E-state index contributed by atoms with van der Waals surface area (Å²) in [7, 11) is 0. The third kappa shape index (κ3) is 7.01. The van der Waals surface area contributed by atoms with E-state index in [1.54, 1.807) is 23.9 Å². The zero-order valence-electron chi connectivity index (χ0n) is 16.6. The van der Waals surface area contributed by atoms with Crippen molar-refractivity contribution < 1.29 is 19.4 Å². The lowest BCUT2D eigenvalue weighted by Crippen LogP contribution is -2.13. The van der Waals surface area contributed by atoms with Crippen molar-refractivity contribution in [3.8, 4) is 17.2 Å². The predicted molar refractivity (Wildman–Crippen MR) is 121 cm³/mol. The van der Waals surface area contributed by atoms with Gasteiger partial charge in [-0.05, 0) is 55.3 Å². The maximum atomic E-state index is 10.9. The Hall–Kier alpha value is -2.63. The first-order chi connectivity index (χ1) is 14.5. The minimum Gasteiger partial charge on any atom is -0.487 e. The molecule has 6 heteroatoms. The predicted octanol–water partition coefficient (Wildman–Crippen LogP) is 6.71. The van der Waals surface area contributed by atoms with Crippen molar-refractivity contribution in [2.75, 3.05) is 5.75 Å². The van der Waals surface area contributed by atoms with Gasteiger partial charge in [0.2, 0.25) is 0 Å². The lowest BCUT2D eigenvalue weighted by molar-refractivity contribution is -0.136. The summed E-state index contributed by atoms with van der Waals surface area (Å²) in [5.74, 6) is 1.96. The van der Waals surface area contributed by atoms with Crippen molar-refractivity contribution in [2.45, 2.75) is 30.8 Å². The summed E-state index contributed by atoms with van der Waals surface area (Å²) >= 11 is 7.82. The molecule has 0 saturated heterocycles. The largest absolute Gasteiger partial charge is 0.487 e. The molecule has 0 amide bonds. The summed E-state index contributed by atoms with van der Waals surface area (Å²) in [6.45, 7) is 2.02. The number of aliphatic carboxylic acids is 1. The van der Waals surface area contributed by atoms with Crippen LogP contribution in [0.25, 0.3) is 0 Å². The molecule has 156 valence electrons. The Morgan fingerprint density at radius 3 is 2.60 bits per heavy atom. The molecule has 0 aromatic heterocycles. The molecule has 3 aromatic carbocycles. The van der Waals surface area contributed by atoms with Crippen molar-refractivity contribution in [1.29, 1.82) is 0 Å². The summed E-state index contributed by atoms with van der Waals surface area (Å²) in [4.78, 5) is 11.9. The monoisotopic (exact) mass is 442 g/mol. The molecule has 3 aromatic rings. The number of thioether (sulfide) groups is 1. The van der Waals surface area contributed by atoms with Crippen molar-refractivity contribution in [3.63, 3.8) is 0 Å². The van der Waals surface area contributed by atoms with Crippen LogP contribution in [0.1, 0.15) is 18.9 Å². The van der Waals surface area contributed by atoms with Crippen LogP contribution in [0.2, 0.25) is 5.02 Å². The average Bonchev–Trinajstić information content (AvgIpc) is 2.71. The van der Waals surface area contributed by atoms with Crippen LogP contribution in [0.15, 0.2) is 77.7 Å². The van der Waals surface area contributed by atoms with Crippen LogP contribution in [0.3, 0.4) is 0 Å². The number of benzene rings is 3. The van der Waals surface area contributed by atoms with Gasteiger partial charge in [-0.15, -0.1) is 11.8 Å². The Labute approximate surface area is 185 Å². The van der Waals surface area contributed by atoms with E-state index in [-0.39, 0.29) is 12.5 Å². The molecule has 30 heavy (non-hydrogen) atoms. The van der Waals surface area contributed by atoms with E-state index in [1.165, 1.54) is 0 Å². The molecule has 0 spiro atoms. The number of carboxylic acid groups (broad SMARTS) is 1. The van der Waals surface area contributed by atoms with Crippen molar-refractivity contribution >= 4 is 29.3 Å². The topological polar surface area (TPSA) is 55.8 Å². The van der Waals surface area contributed by atoms with Crippen LogP contribution >= 0.6 is 23.4 Å². The van der Waals surface area contributed by atoms with Gasteiger partial charge in [-0.2, -0.15) is 0 Å². The summed E-state index contributed by atoms with van der Waals surface area (Å²) in [5, 5.41) is 9.52. The van der Waals surface area contributed by atoms with Crippen molar-refractivity contribution in [3.05, 3.63) is 83.4 Å². The fourth-order valence-electron chi connectivity index (χ4n) is 2.81. The number of hydrogen-bond acceptors (Lipinski definition) is 4. The lowest BCUT2D eigenvalue weighted by Gasteiger charge is -2.18. The number of hydrogen-bond donors (Lipinski definition) is 1. The summed E-state index contributed by atoms with van der Waals surface area (Å²) in [5.41, 5.74) is 0.806. The van der Waals surface area contributed by atoms with E-state index in [4.69, 9.17) is 26.2 Å². The number of carboxylic acids is 1. The Bertz CT molecular complexity index is 978. The maximum absolute atomic E-state index is 10.9. The zero-order chi connectivity index (χ0) is 21.3. The van der Waals surface area contributed by atoms with Gasteiger partial charge in [0.25, 0.3) is 0 Å². The van der Waals surface area contributed by atoms with Gasteiger partial charge in [-0.25, -0.2) is 0 Å². The molecule has 0 fully saturated rings. The van der Waals surface area contributed by atoms with E-state index in [0.29, 0.717) is 22.3 Å². The average molecular weight is 443 g/mol. The Morgan fingerprint density at radius 2 is 1.83 bits per heavy atom. The number of carbonyl (C=O) groups is 1. The number of halogens is 1. The van der Waals surface area contributed by atoms with E-state index in [9.17, 15) is 4.79 Å². The molecule has 1 N–H and O–H groups in total. The molecule has 3 rings (SSSR count). The smallest absolute Gasteiger partial charge is 0.307 e. The highest BCUT2D eigenvalue weighted by atomic mass is 35.5. The molecule has 0 saturated carbocycles. The molecular weight excluding hydrogens is 420 g/mol. The van der Waals surface area contributed by atoms with Gasteiger partial charge in [-0.1, -0.05) is 41.9 Å². The summed E-state index contributed by atoms with van der Waals surface area (Å²) < 4.78 is 12.1. The quantitative estimate of drug-likeness (QED) is 0.353. The van der Waals surface area contributed by atoms with E-state index >= 15 is 0 Å². The molecule has 4 nitrogen and oxygen atoms in total. The molecule has 0 unspecified atom stereocenters. The van der Waals surface area contributed by atoms with E-state index in [1.807, 2.05) is 67.6 Å². The molecule has 1 atom stereocenters. The van der Waals surface area contributed by atoms with Crippen molar-refractivity contribution in [2.24, 2.45) is 0 Å². The highest BCUT2D eigenvalue weighted by Gasteiger charge is 2.12. The first-order valence-electron chi connectivity index (χ1n) is 9.62. The second kappa shape index (κ2) is 11.0. The molecule has 0 heterocycles. The van der Waals surface area contributed by atoms with Crippen molar-refractivity contribution in [1.82, 2.24) is 0 Å². The fraction of sp³-hybridized carbons (Fsp3) is 0.208. The third-order valence-corrected chi connectivity index (χ3v) is 5.51. The first-order valence-corrected chi connectivity index (χ1v) is 11.0. The Kier molecular flexibility index (Phi) is 8.05. The Morgan fingerprint density at radius 1 is 1.03 bits per heavy atom. The van der Waals surface area contributed by atoms with Gasteiger partial charge < -0.3 is 14.6 Å². The second-order valence-electron chi connectivity index (χ2n) is 6.79. The van der Waals surface area contributed by atoms with E-state index < -0.39 is 5.97 Å². The summed E-state index contributed by atoms with van der Waals surface area (Å²) in [6, 6.07) is 22.5. The normalized spacial score (nSPS) is 11.7. The van der Waals surface area contributed by atoms with Gasteiger partial charge in [0, 0.05) is 21.7 Å². The molecule has 0 radical (unpaired) electrons. The van der Waals surface area contributed by atoms with E-state index in [0.717, 1.165) is 22.6 Å². The van der Waals surface area contributed by atoms with Crippen LogP contribution in [0.5, 0.6) is 17.2 Å². The molecule has 0 aliphatic carbocycles. The minimum absolute atomic E-state index is 0.0287. The third-order valence-electron chi connectivity index (χ3n) is 4.25. The van der Waals surface area contributed by atoms with Crippen LogP contribution in [-0.2, 0) is 11.2 Å². The fourth-order valence-corrected chi connectivity index (χ4v) is 4.07. The van der Waals surface area contributed by atoms with Gasteiger partial charge in [0.15, 0.2) is 11.5 Å². The van der Waals surface area contributed by atoms with Crippen LogP contribution in [0.4, 0.5) is 0 Å². The highest BCUT2D eigenvalue weighted by molar-refractivity contribution is 7.99. The number of para-hydroxylation sites is 1. The van der Waals surface area contributed by atoms with Gasteiger partial charge >= 0.3 is 5.97 Å². The molecular formula is C24H23ClO4S. The number of ether oxygens (including phenoxy) is 2. The van der Waals surface area contributed by atoms with Gasteiger partial charge in [-0.3, -0.25) is 4.79 Å². The molecule has 0 bridgehead atoms.